The predicted molar refractivity (Wildman–Crippen MR) is 139 cm³/mol. The van der Waals surface area contributed by atoms with E-state index in [9.17, 15) is 10.1 Å². The summed E-state index contributed by atoms with van der Waals surface area (Å²) in [5, 5.41) is 14.9. The number of pyridine rings is 1. The lowest BCUT2D eigenvalue weighted by atomic mass is 9.57. The first-order chi connectivity index (χ1) is 17.5. The lowest BCUT2D eigenvalue weighted by Gasteiger charge is -2.45. The quantitative estimate of drug-likeness (QED) is 0.363. The Labute approximate surface area is 210 Å². The summed E-state index contributed by atoms with van der Waals surface area (Å²) in [6.07, 6.45) is 7.24. The summed E-state index contributed by atoms with van der Waals surface area (Å²) < 4.78 is 2.05. The Balaban J connectivity index is 1.57. The molecule has 0 amide bonds. The molecule has 5 nitrogen and oxygen atoms in total. The maximum absolute atomic E-state index is 12.9. The topological polar surface area (TPSA) is 71.6 Å². The first kappa shape index (κ1) is 22.2. The molecule has 0 N–H and O–H groups in total. The van der Waals surface area contributed by atoms with Gasteiger partial charge in [0.2, 0.25) is 0 Å². The van der Waals surface area contributed by atoms with Gasteiger partial charge in [-0.15, -0.1) is 0 Å². The summed E-state index contributed by atoms with van der Waals surface area (Å²) in [5.41, 5.74) is 7.30. The van der Waals surface area contributed by atoms with Crippen molar-refractivity contribution in [2.45, 2.75) is 32.1 Å². The molecule has 5 heteroatoms. The van der Waals surface area contributed by atoms with Crippen molar-refractivity contribution in [2.24, 2.45) is 11.8 Å². The first-order valence-corrected chi connectivity index (χ1v) is 12.4. The molecule has 176 valence electrons. The minimum Gasteiger partial charge on any atom is -0.293 e. The largest absolute Gasteiger partial charge is 0.293 e. The van der Waals surface area contributed by atoms with E-state index in [1.807, 2.05) is 48.0 Å². The van der Waals surface area contributed by atoms with E-state index in [1.54, 1.807) is 12.4 Å². The highest BCUT2D eigenvalue weighted by Crippen LogP contribution is 2.52. The molecule has 0 unspecified atom stereocenters. The third-order valence-electron chi connectivity index (χ3n) is 7.99. The molecule has 4 aromatic rings. The van der Waals surface area contributed by atoms with Crippen LogP contribution < -0.4 is 0 Å². The molecule has 0 spiro atoms. The maximum Gasteiger partial charge on any atom is 0.176 e. The van der Waals surface area contributed by atoms with Crippen LogP contribution in [0, 0.1) is 23.2 Å². The van der Waals surface area contributed by atoms with E-state index < -0.39 is 5.41 Å². The van der Waals surface area contributed by atoms with Crippen molar-refractivity contribution in [3.8, 4) is 34.1 Å². The van der Waals surface area contributed by atoms with E-state index in [2.05, 4.69) is 54.4 Å². The van der Waals surface area contributed by atoms with E-state index in [4.69, 9.17) is 5.10 Å². The van der Waals surface area contributed by atoms with Crippen LogP contribution in [0.3, 0.4) is 0 Å². The Hall–Kier alpha value is -4.30. The molecule has 0 radical (unpaired) electrons. The number of fused-ring (bicyclic) bond motifs is 3. The van der Waals surface area contributed by atoms with E-state index in [0.717, 1.165) is 46.6 Å². The highest BCUT2D eigenvalue weighted by molar-refractivity contribution is 6.02. The van der Waals surface area contributed by atoms with Gasteiger partial charge in [-0.05, 0) is 54.2 Å². The number of carbonyl (C=O) groups is 1. The number of nitrogens with zero attached hydrogens (tertiary/aromatic N) is 4. The second kappa shape index (κ2) is 8.42. The number of aromatic nitrogens is 3. The Bertz CT molecular complexity index is 1530. The number of hydrogen-bond acceptors (Lipinski definition) is 4. The molecule has 2 aliphatic rings. The molecule has 3 atom stereocenters. The molecule has 0 bridgehead atoms. The molecule has 2 aromatic heterocycles. The summed E-state index contributed by atoms with van der Waals surface area (Å²) >= 11 is 0. The lowest BCUT2D eigenvalue weighted by Crippen LogP contribution is -2.46. The Kier molecular flexibility index (Phi) is 5.19. The highest BCUT2D eigenvalue weighted by Gasteiger charge is 2.50. The molecule has 2 aliphatic carbocycles. The first-order valence-electron chi connectivity index (χ1n) is 12.4. The number of benzene rings is 2. The lowest BCUT2D eigenvalue weighted by molar-refractivity contribution is -0.121. The Morgan fingerprint density at radius 1 is 0.972 bits per heavy atom. The van der Waals surface area contributed by atoms with E-state index in [1.165, 1.54) is 5.56 Å². The summed E-state index contributed by atoms with van der Waals surface area (Å²) in [6.45, 7) is 4.15. The van der Waals surface area contributed by atoms with Crippen LogP contribution in [-0.4, -0.2) is 20.5 Å². The average Bonchev–Trinajstić information content (AvgIpc) is 3.33. The molecule has 36 heavy (non-hydrogen) atoms. The Morgan fingerprint density at radius 2 is 1.67 bits per heavy atom. The van der Waals surface area contributed by atoms with Crippen LogP contribution in [0.5, 0.6) is 0 Å². The Morgan fingerprint density at radius 3 is 2.36 bits per heavy atom. The molecule has 0 fully saturated rings. The zero-order chi connectivity index (χ0) is 24.9. The summed E-state index contributed by atoms with van der Waals surface area (Å²) in [5.74, 6) is -0.135. The van der Waals surface area contributed by atoms with Crippen molar-refractivity contribution in [1.29, 1.82) is 5.26 Å². The molecule has 6 rings (SSSR count). The number of nitriles is 1. The number of allylic oxidation sites excluding steroid dienone is 2. The predicted octanol–water partition coefficient (Wildman–Crippen LogP) is 6.09. The monoisotopic (exact) mass is 470 g/mol. The van der Waals surface area contributed by atoms with Crippen LogP contribution in [0.1, 0.15) is 31.5 Å². The van der Waals surface area contributed by atoms with Crippen LogP contribution >= 0.6 is 0 Å². The minimum absolute atomic E-state index is 0.0422. The number of ketones is 1. The van der Waals surface area contributed by atoms with Gasteiger partial charge in [0.1, 0.15) is 6.07 Å². The van der Waals surface area contributed by atoms with Crippen LogP contribution in [0.2, 0.25) is 0 Å². The second-order valence-corrected chi connectivity index (χ2v) is 9.99. The molecule has 0 aliphatic heterocycles. The summed E-state index contributed by atoms with van der Waals surface area (Å²) in [4.78, 5) is 17.0. The number of hydrogen-bond donors (Lipinski definition) is 0. The van der Waals surface area contributed by atoms with Crippen molar-refractivity contribution in [1.82, 2.24) is 14.8 Å². The fraction of sp³-hybridized carbons (Fsp3) is 0.226. The molecular weight excluding hydrogens is 444 g/mol. The number of rotatable bonds is 3. The summed E-state index contributed by atoms with van der Waals surface area (Å²) in [7, 11) is 0. The van der Waals surface area contributed by atoms with Gasteiger partial charge in [-0.2, -0.15) is 10.4 Å². The van der Waals surface area contributed by atoms with Gasteiger partial charge in [0, 0.05) is 34.9 Å². The minimum atomic E-state index is -0.476. The molecule has 0 saturated heterocycles. The van der Waals surface area contributed by atoms with E-state index >= 15 is 0 Å². The van der Waals surface area contributed by atoms with Crippen molar-refractivity contribution < 1.29 is 4.79 Å². The smallest absolute Gasteiger partial charge is 0.176 e. The van der Waals surface area contributed by atoms with Gasteiger partial charge in [0.25, 0.3) is 0 Å². The van der Waals surface area contributed by atoms with Gasteiger partial charge in [0.15, 0.2) is 5.78 Å². The third kappa shape index (κ3) is 3.33. The van der Waals surface area contributed by atoms with Gasteiger partial charge < -0.3 is 0 Å². The summed E-state index contributed by atoms with van der Waals surface area (Å²) in [6, 6.07) is 24.8. The SMILES string of the molecule is C[C@H]1C(=O)C(C#N)=C[C@@]2(C)c3c(c(-c4ccccc4)nn3-c3ccc(-c4ccncc4)cc3)CC[C@H]12. The van der Waals surface area contributed by atoms with Crippen LogP contribution in [0.4, 0.5) is 0 Å². The van der Waals surface area contributed by atoms with E-state index in [0.29, 0.717) is 0 Å². The molecule has 2 aromatic carbocycles. The van der Waals surface area contributed by atoms with E-state index in [-0.39, 0.29) is 23.2 Å². The zero-order valence-electron chi connectivity index (χ0n) is 20.3. The fourth-order valence-electron chi connectivity index (χ4n) is 6.20. The molecule has 2 heterocycles. The number of carbonyl (C=O) groups excluding carboxylic acids is 1. The van der Waals surface area contributed by atoms with Crippen molar-refractivity contribution in [2.75, 3.05) is 0 Å². The second-order valence-electron chi connectivity index (χ2n) is 9.99. The van der Waals surface area contributed by atoms with Gasteiger partial charge in [0.05, 0.1) is 22.6 Å². The fourth-order valence-corrected chi connectivity index (χ4v) is 6.20. The normalized spacial score (nSPS) is 22.8. The van der Waals surface area contributed by atoms with Gasteiger partial charge in [-0.1, -0.05) is 62.4 Å². The number of Topliss-reactive ketones (excluding diaryl/α,β-unsaturated/α-hetero) is 1. The standard InChI is InChI=1S/C31H26N4O/c1-20-27-13-12-26-28(23-6-4-3-5-7-23)34-35(30(26)31(27,2)18-24(19-32)29(20)36)25-10-8-21(9-11-25)22-14-16-33-17-15-22/h3-11,14-18,20,27H,12-13H2,1-2H3/t20-,27-,31-/m1/s1. The van der Waals surface area contributed by atoms with Crippen molar-refractivity contribution >= 4 is 5.78 Å². The van der Waals surface area contributed by atoms with Crippen molar-refractivity contribution in [3.63, 3.8) is 0 Å². The van der Waals surface area contributed by atoms with Crippen LogP contribution in [0.15, 0.2) is 90.8 Å². The highest BCUT2D eigenvalue weighted by atomic mass is 16.1. The zero-order valence-corrected chi connectivity index (χ0v) is 20.3. The van der Waals surface area contributed by atoms with Gasteiger partial charge in [-0.25, -0.2) is 4.68 Å². The van der Waals surface area contributed by atoms with Crippen LogP contribution in [0.25, 0.3) is 28.1 Å². The maximum atomic E-state index is 12.9. The third-order valence-corrected chi connectivity index (χ3v) is 7.99. The molecular formula is C31H26N4O. The van der Waals surface area contributed by atoms with Gasteiger partial charge >= 0.3 is 0 Å². The van der Waals surface area contributed by atoms with Crippen LogP contribution in [-0.2, 0) is 16.6 Å². The van der Waals surface area contributed by atoms with Gasteiger partial charge in [-0.3, -0.25) is 9.78 Å². The average molecular weight is 471 g/mol. The molecule has 0 saturated carbocycles. The van der Waals surface area contributed by atoms with Crippen molar-refractivity contribution in [3.05, 3.63) is 102 Å².